The van der Waals surface area contributed by atoms with E-state index in [1.165, 1.54) is 48.5 Å². The smallest absolute Gasteiger partial charge is 0.420 e. The molecule has 13 heteroatoms. The second-order valence-electron chi connectivity index (χ2n) is 8.16. The van der Waals surface area contributed by atoms with Crippen LogP contribution in [0.2, 0.25) is 0 Å². The first-order valence-electron chi connectivity index (χ1n) is 10.9. The Kier molecular flexibility index (Phi) is 7.13. The Morgan fingerprint density at radius 2 is 0.949 bits per heavy atom. The zero-order chi connectivity index (χ0) is 28.6. The van der Waals surface area contributed by atoms with E-state index in [4.69, 9.17) is 20.9 Å². The molecular formula is C26H18F6N2O4S. The van der Waals surface area contributed by atoms with Crippen LogP contribution in [-0.2, 0) is 22.2 Å². The minimum atomic E-state index is -4.79. The molecule has 0 saturated carbocycles. The van der Waals surface area contributed by atoms with E-state index in [1.807, 2.05) is 0 Å². The highest BCUT2D eigenvalue weighted by molar-refractivity contribution is 7.91. The lowest BCUT2D eigenvalue weighted by Gasteiger charge is -2.15. The van der Waals surface area contributed by atoms with Crippen LogP contribution in [0.3, 0.4) is 0 Å². The summed E-state index contributed by atoms with van der Waals surface area (Å²) < 4.78 is 118. The van der Waals surface area contributed by atoms with Gasteiger partial charge in [0, 0.05) is 11.4 Å². The quantitative estimate of drug-likeness (QED) is 0.187. The average molecular weight is 568 g/mol. The van der Waals surface area contributed by atoms with Gasteiger partial charge in [0.2, 0.25) is 9.84 Å². The van der Waals surface area contributed by atoms with Crippen LogP contribution in [0, 0.1) is 0 Å². The minimum Gasteiger partial charge on any atom is -0.457 e. The van der Waals surface area contributed by atoms with Crippen LogP contribution in [0.15, 0.2) is 94.7 Å². The van der Waals surface area contributed by atoms with Crippen molar-refractivity contribution < 1.29 is 44.2 Å². The molecule has 204 valence electrons. The summed E-state index contributed by atoms with van der Waals surface area (Å²) >= 11 is 0. The minimum absolute atomic E-state index is 0.144. The van der Waals surface area contributed by atoms with Crippen molar-refractivity contribution in [2.45, 2.75) is 22.1 Å². The number of sulfone groups is 1. The summed E-state index contributed by atoms with van der Waals surface area (Å²) in [6.45, 7) is 0. The molecule has 0 aliphatic carbocycles. The molecule has 4 N–H and O–H groups in total. The zero-order valence-corrected chi connectivity index (χ0v) is 20.4. The van der Waals surface area contributed by atoms with Gasteiger partial charge in [0.05, 0.1) is 9.79 Å². The number of hydrogen-bond acceptors (Lipinski definition) is 6. The van der Waals surface area contributed by atoms with Crippen LogP contribution in [0.4, 0.5) is 37.7 Å². The number of ether oxygens (including phenoxy) is 2. The first kappa shape index (κ1) is 27.6. The maximum absolute atomic E-state index is 13.4. The Morgan fingerprint density at radius 3 is 1.31 bits per heavy atom. The van der Waals surface area contributed by atoms with E-state index >= 15 is 0 Å². The van der Waals surface area contributed by atoms with E-state index in [0.29, 0.717) is 12.1 Å². The molecule has 4 rings (SSSR count). The maximum Gasteiger partial charge on any atom is 0.420 e. The van der Waals surface area contributed by atoms with E-state index in [1.54, 1.807) is 0 Å². The SMILES string of the molecule is Nc1ccc(Oc2cccc(S(=O)(=O)c3cccc(Oc4ccc(N)cc4C(F)(F)F)c3)c2)c(C(F)(F)F)c1. The van der Waals surface area contributed by atoms with Crippen LogP contribution in [0.5, 0.6) is 23.0 Å². The van der Waals surface area contributed by atoms with Crippen molar-refractivity contribution >= 4 is 21.2 Å². The van der Waals surface area contributed by atoms with E-state index in [0.717, 1.165) is 24.3 Å². The molecule has 0 spiro atoms. The second-order valence-corrected chi connectivity index (χ2v) is 10.1. The van der Waals surface area contributed by atoms with Crippen molar-refractivity contribution in [2.24, 2.45) is 0 Å². The molecule has 4 aromatic rings. The summed E-state index contributed by atoms with van der Waals surface area (Å²) in [6.07, 6.45) is -9.57. The van der Waals surface area contributed by atoms with Gasteiger partial charge in [-0.05, 0) is 72.8 Å². The standard InChI is InChI=1S/C26H18F6N2O4S/c27-25(28,29)21-11-15(33)7-9-23(21)37-17-3-1-5-19(13-17)39(35,36)20-6-2-4-18(14-20)38-24-10-8-16(34)12-22(24)26(30,31)32/h1-14H,33-34H2. The van der Waals surface area contributed by atoms with Gasteiger partial charge in [-0.25, -0.2) is 8.42 Å². The summed E-state index contributed by atoms with van der Waals surface area (Å²) in [5, 5.41) is 0. The highest BCUT2D eigenvalue weighted by Gasteiger charge is 2.36. The van der Waals surface area contributed by atoms with Gasteiger partial charge in [-0.3, -0.25) is 0 Å². The number of benzene rings is 4. The third kappa shape index (κ3) is 6.20. The molecule has 6 nitrogen and oxygen atoms in total. The molecule has 0 heterocycles. The lowest BCUT2D eigenvalue weighted by atomic mass is 10.1. The molecule has 39 heavy (non-hydrogen) atoms. The Balaban J connectivity index is 1.65. The van der Waals surface area contributed by atoms with Crippen LogP contribution < -0.4 is 20.9 Å². The molecule has 0 fully saturated rings. The Hall–Kier alpha value is -4.39. The molecule has 0 atom stereocenters. The predicted molar refractivity (Wildman–Crippen MR) is 130 cm³/mol. The van der Waals surface area contributed by atoms with Gasteiger partial charge in [0.25, 0.3) is 0 Å². The largest absolute Gasteiger partial charge is 0.457 e. The average Bonchev–Trinajstić information content (AvgIpc) is 2.85. The van der Waals surface area contributed by atoms with Gasteiger partial charge in [-0.15, -0.1) is 0 Å². The van der Waals surface area contributed by atoms with Crippen LogP contribution in [0.1, 0.15) is 11.1 Å². The molecule has 0 saturated heterocycles. The number of nitrogens with two attached hydrogens (primary N) is 2. The van der Waals surface area contributed by atoms with Crippen molar-refractivity contribution in [1.82, 2.24) is 0 Å². The summed E-state index contributed by atoms with van der Waals surface area (Å²) in [6, 6.07) is 15.2. The number of rotatable bonds is 6. The van der Waals surface area contributed by atoms with Crippen molar-refractivity contribution in [3.63, 3.8) is 0 Å². The summed E-state index contributed by atoms with van der Waals surface area (Å²) in [7, 11) is -4.30. The van der Waals surface area contributed by atoms with Crippen LogP contribution >= 0.6 is 0 Å². The molecule has 0 radical (unpaired) electrons. The molecule has 0 aromatic heterocycles. The molecule has 0 aliphatic rings. The Bertz CT molecular complexity index is 1520. The van der Waals surface area contributed by atoms with Crippen LogP contribution in [0.25, 0.3) is 0 Å². The monoisotopic (exact) mass is 568 g/mol. The van der Waals surface area contributed by atoms with Crippen molar-refractivity contribution in [3.05, 3.63) is 96.1 Å². The number of alkyl halides is 6. The van der Waals surface area contributed by atoms with Crippen molar-refractivity contribution in [1.29, 1.82) is 0 Å². The predicted octanol–water partition coefficient (Wildman–Crippen LogP) is 7.31. The molecule has 0 unspecified atom stereocenters. The van der Waals surface area contributed by atoms with Gasteiger partial charge in [0.15, 0.2) is 0 Å². The summed E-state index contributed by atoms with van der Waals surface area (Å²) in [5.74, 6) is -1.61. The van der Waals surface area contributed by atoms with Gasteiger partial charge < -0.3 is 20.9 Å². The van der Waals surface area contributed by atoms with E-state index < -0.39 is 44.8 Å². The van der Waals surface area contributed by atoms with E-state index in [9.17, 15) is 34.8 Å². The molecular weight excluding hydrogens is 550 g/mol. The number of halogens is 6. The first-order chi connectivity index (χ1) is 18.1. The highest BCUT2D eigenvalue weighted by Crippen LogP contribution is 2.41. The number of nitrogen functional groups attached to an aromatic ring is 2. The van der Waals surface area contributed by atoms with Crippen molar-refractivity contribution in [3.8, 4) is 23.0 Å². The second kappa shape index (κ2) is 10.1. The van der Waals surface area contributed by atoms with E-state index in [2.05, 4.69) is 0 Å². The Morgan fingerprint density at radius 1 is 0.564 bits per heavy atom. The van der Waals surface area contributed by atoms with Gasteiger partial charge in [-0.2, -0.15) is 26.3 Å². The van der Waals surface area contributed by atoms with Gasteiger partial charge in [-0.1, -0.05) is 12.1 Å². The van der Waals surface area contributed by atoms with Gasteiger partial charge in [0.1, 0.15) is 34.1 Å². The summed E-state index contributed by atoms with van der Waals surface area (Å²) in [4.78, 5) is -0.686. The maximum atomic E-state index is 13.4. The van der Waals surface area contributed by atoms with Gasteiger partial charge >= 0.3 is 12.4 Å². The molecule has 4 aromatic carbocycles. The lowest BCUT2D eigenvalue weighted by molar-refractivity contribution is -0.139. The molecule has 0 amide bonds. The fourth-order valence-electron chi connectivity index (χ4n) is 3.52. The number of hydrogen-bond donors (Lipinski definition) is 2. The first-order valence-corrected chi connectivity index (χ1v) is 12.4. The third-order valence-corrected chi connectivity index (χ3v) is 7.05. The third-order valence-electron chi connectivity index (χ3n) is 5.31. The highest BCUT2D eigenvalue weighted by atomic mass is 32.2. The molecule has 0 aliphatic heterocycles. The topological polar surface area (TPSA) is 105 Å². The summed E-state index contributed by atoms with van der Waals surface area (Å²) in [5.41, 5.74) is 8.32. The molecule has 0 bridgehead atoms. The lowest BCUT2D eigenvalue weighted by Crippen LogP contribution is -2.08. The fourth-order valence-corrected chi connectivity index (χ4v) is 4.85. The fraction of sp³-hybridized carbons (Fsp3) is 0.0769. The van der Waals surface area contributed by atoms with E-state index in [-0.39, 0.29) is 32.7 Å². The van der Waals surface area contributed by atoms with Crippen LogP contribution in [-0.4, -0.2) is 8.42 Å². The number of anilines is 2. The normalized spacial score (nSPS) is 12.3. The zero-order valence-electron chi connectivity index (χ0n) is 19.5. The van der Waals surface area contributed by atoms with Crippen molar-refractivity contribution in [2.75, 3.05) is 11.5 Å². The Labute approximate surface area is 218 Å².